The summed E-state index contributed by atoms with van der Waals surface area (Å²) in [7, 11) is 0. The second-order valence-corrected chi connectivity index (χ2v) is 4.96. The van der Waals surface area contributed by atoms with Gasteiger partial charge in [0.2, 0.25) is 0 Å². The van der Waals surface area contributed by atoms with E-state index < -0.39 is 5.97 Å². The highest BCUT2D eigenvalue weighted by Gasteiger charge is 2.13. The van der Waals surface area contributed by atoms with Gasteiger partial charge in [0.1, 0.15) is 0 Å². The third-order valence-corrected chi connectivity index (χ3v) is 3.75. The Hall–Kier alpha value is -1.87. The zero-order valence-corrected chi connectivity index (χ0v) is 10.9. The maximum absolute atomic E-state index is 11.3. The molecule has 88 valence electrons. The maximum Gasteiger partial charge on any atom is 0.337 e. The number of aromatic carboxylic acids is 1. The molecular weight excluding hydrogens is 292 g/mol. The molecule has 0 amide bonds. The zero-order valence-electron chi connectivity index (χ0n) is 9.35. The molecule has 0 unspecified atom stereocenters. The van der Waals surface area contributed by atoms with Gasteiger partial charge in [-0.2, -0.15) is 0 Å². The van der Waals surface area contributed by atoms with Crippen molar-refractivity contribution in [2.75, 3.05) is 0 Å². The summed E-state index contributed by atoms with van der Waals surface area (Å²) in [4.78, 5) is 11.3. The standard InChI is InChI=1S/C15H9BrO2/c16-13-8-7-11-10-4-2-1-3-9(10)5-6-12(11)14(13)15(17)18/h1-8H,(H,17,18). The summed E-state index contributed by atoms with van der Waals surface area (Å²) < 4.78 is 0.609. The lowest BCUT2D eigenvalue weighted by Crippen LogP contribution is -1.99. The van der Waals surface area contributed by atoms with Crippen molar-refractivity contribution < 1.29 is 9.90 Å². The molecule has 0 aromatic heterocycles. The highest BCUT2D eigenvalue weighted by molar-refractivity contribution is 9.10. The van der Waals surface area contributed by atoms with Gasteiger partial charge >= 0.3 is 5.97 Å². The molecule has 3 aromatic rings. The molecule has 0 heterocycles. The van der Waals surface area contributed by atoms with E-state index in [1.807, 2.05) is 42.5 Å². The average Bonchev–Trinajstić information content (AvgIpc) is 2.37. The number of hydrogen-bond acceptors (Lipinski definition) is 1. The molecule has 0 saturated carbocycles. The molecule has 0 aliphatic rings. The average molecular weight is 301 g/mol. The first-order valence-electron chi connectivity index (χ1n) is 5.52. The van der Waals surface area contributed by atoms with Crippen LogP contribution in [0.1, 0.15) is 10.4 Å². The fraction of sp³-hybridized carbons (Fsp3) is 0. The molecule has 18 heavy (non-hydrogen) atoms. The molecule has 0 atom stereocenters. The van der Waals surface area contributed by atoms with Gasteiger partial charge in [0, 0.05) is 4.47 Å². The molecule has 0 bridgehead atoms. The van der Waals surface area contributed by atoms with Crippen LogP contribution >= 0.6 is 15.9 Å². The summed E-state index contributed by atoms with van der Waals surface area (Å²) in [5.41, 5.74) is 0.318. The first kappa shape index (κ1) is 11.2. The molecule has 0 saturated heterocycles. The summed E-state index contributed by atoms with van der Waals surface area (Å²) in [6.07, 6.45) is 0. The molecule has 0 aliphatic heterocycles. The number of hydrogen-bond donors (Lipinski definition) is 1. The third-order valence-electron chi connectivity index (χ3n) is 3.09. The van der Waals surface area contributed by atoms with E-state index in [0.717, 1.165) is 21.5 Å². The monoisotopic (exact) mass is 300 g/mol. The predicted octanol–water partition coefficient (Wildman–Crippen LogP) is 4.45. The van der Waals surface area contributed by atoms with Crippen LogP contribution < -0.4 is 0 Å². The summed E-state index contributed by atoms with van der Waals surface area (Å²) in [5, 5.41) is 13.2. The molecule has 2 nitrogen and oxygen atoms in total. The van der Waals surface area contributed by atoms with Gasteiger partial charge in [-0.15, -0.1) is 0 Å². The second-order valence-electron chi connectivity index (χ2n) is 4.11. The molecule has 0 spiro atoms. The van der Waals surface area contributed by atoms with E-state index in [0.29, 0.717) is 10.0 Å². The maximum atomic E-state index is 11.3. The van der Waals surface area contributed by atoms with E-state index in [2.05, 4.69) is 15.9 Å². The topological polar surface area (TPSA) is 37.3 Å². The smallest absolute Gasteiger partial charge is 0.337 e. The van der Waals surface area contributed by atoms with E-state index in [1.165, 1.54) is 0 Å². The van der Waals surface area contributed by atoms with E-state index >= 15 is 0 Å². The highest BCUT2D eigenvalue weighted by atomic mass is 79.9. The predicted molar refractivity (Wildman–Crippen MR) is 76.1 cm³/mol. The van der Waals surface area contributed by atoms with E-state index in [-0.39, 0.29) is 0 Å². The summed E-state index contributed by atoms with van der Waals surface area (Å²) >= 11 is 3.30. The van der Waals surface area contributed by atoms with Crippen LogP contribution in [-0.4, -0.2) is 11.1 Å². The fourth-order valence-corrected chi connectivity index (χ4v) is 2.79. The minimum Gasteiger partial charge on any atom is -0.478 e. The van der Waals surface area contributed by atoms with Gasteiger partial charge in [0.25, 0.3) is 0 Å². The highest BCUT2D eigenvalue weighted by Crippen LogP contribution is 2.31. The van der Waals surface area contributed by atoms with Gasteiger partial charge in [-0.1, -0.05) is 42.5 Å². The molecule has 3 rings (SSSR count). The van der Waals surface area contributed by atoms with Gasteiger partial charge in [-0.05, 0) is 43.5 Å². The van der Waals surface area contributed by atoms with Gasteiger partial charge in [-0.25, -0.2) is 4.79 Å². The molecule has 0 fully saturated rings. The molecule has 1 N–H and O–H groups in total. The first-order chi connectivity index (χ1) is 8.68. The number of carboxylic acids is 1. The van der Waals surface area contributed by atoms with Crippen LogP contribution in [0.25, 0.3) is 21.5 Å². The second kappa shape index (κ2) is 4.10. The van der Waals surface area contributed by atoms with Crippen molar-refractivity contribution in [2.45, 2.75) is 0 Å². The minimum absolute atomic E-state index is 0.318. The molecule has 0 aliphatic carbocycles. The fourth-order valence-electron chi connectivity index (χ4n) is 2.28. The van der Waals surface area contributed by atoms with Crippen molar-refractivity contribution in [1.82, 2.24) is 0 Å². The van der Waals surface area contributed by atoms with Crippen LogP contribution in [-0.2, 0) is 0 Å². The zero-order chi connectivity index (χ0) is 12.7. The van der Waals surface area contributed by atoms with Gasteiger partial charge in [0.05, 0.1) is 5.56 Å². The van der Waals surface area contributed by atoms with Crippen LogP contribution in [0.3, 0.4) is 0 Å². The Morgan fingerprint density at radius 1 is 0.889 bits per heavy atom. The lowest BCUT2D eigenvalue weighted by atomic mass is 9.98. The van der Waals surface area contributed by atoms with Crippen molar-refractivity contribution >= 4 is 43.4 Å². The number of rotatable bonds is 1. The SMILES string of the molecule is O=C(O)c1c(Br)ccc2c1ccc1ccccc12. The van der Waals surface area contributed by atoms with Crippen LogP contribution in [0, 0.1) is 0 Å². The molecule has 0 radical (unpaired) electrons. The molecular formula is C15H9BrO2. The van der Waals surface area contributed by atoms with E-state index in [1.54, 1.807) is 6.07 Å². The largest absolute Gasteiger partial charge is 0.478 e. The van der Waals surface area contributed by atoms with Crippen molar-refractivity contribution in [3.8, 4) is 0 Å². The lowest BCUT2D eigenvalue weighted by molar-refractivity contribution is 0.0698. The Bertz CT molecular complexity index is 778. The Labute approximate surface area is 112 Å². The normalized spacial score (nSPS) is 10.9. The van der Waals surface area contributed by atoms with E-state index in [9.17, 15) is 9.90 Å². The molecule has 3 heteroatoms. The molecule has 3 aromatic carbocycles. The third kappa shape index (κ3) is 1.59. The van der Waals surface area contributed by atoms with E-state index in [4.69, 9.17) is 0 Å². The van der Waals surface area contributed by atoms with Gasteiger partial charge < -0.3 is 5.11 Å². The van der Waals surface area contributed by atoms with Crippen molar-refractivity contribution in [1.29, 1.82) is 0 Å². The van der Waals surface area contributed by atoms with Gasteiger partial charge in [0.15, 0.2) is 0 Å². The first-order valence-corrected chi connectivity index (χ1v) is 6.31. The van der Waals surface area contributed by atoms with Crippen LogP contribution in [0.5, 0.6) is 0 Å². The summed E-state index contributed by atoms with van der Waals surface area (Å²) in [6.45, 7) is 0. The summed E-state index contributed by atoms with van der Waals surface area (Å²) in [6, 6.07) is 15.5. The van der Waals surface area contributed by atoms with Crippen molar-refractivity contribution in [3.63, 3.8) is 0 Å². The van der Waals surface area contributed by atoms with Crippen LogP contribution in [0.4, 0.5) is 0 Å². The number of halogens is 1. The van der Waals surface area contributed by atoms with Crippen LogP contribution in [0.15, 0.2) is 53.0 Å². The Morgan fingerprint density at radius 2 is 1.61 bits per heavy atom. The quantitative estimate of drug-likeness (QED) is 0.674. The minimum atomic E-state index is -0.914. The Balaban J connectivity index is 2.55. The number of fused-ring (bicyclic) bond motifs is 3. The summed E-state index contributed by atoms with van der Waals surface area (Å²) in [5.74, 6) is -0.914. The lowest BCUT2D eigenvalue weighted by Gasteiger charge is -2.08. The van der Waals surface area contributed by atoms with Crippen molar-refractivity contribution in [3.05, 3.63) is 58.6 Å². The number of carboxylic acid groups (broad SMARTS) is 1. The van der Waals surface area contributed by atoms with Crippen LogP contribution in [0.2, 0.25) is 0 Å². The van der Waals surface area contributed by atoms with Crippen molar-refractivity contribution in [2.24, 2.45) is 0 Å². The number of carbonyl (C=O) groups is 1. The Kier molecular flexibility index (Phi) is 2.56. The number of benzene rings is 3. The Morgan fingerprint density at radius 3 is 2.39 bits per heavy atom. The van der Waals surface area contributed by atoms with Gasteiger partial charge in [-0.3, -0.25) is 0 Å².